The van der Waals surface area contributed by atoms with Gasteiger partial charge in [0.15, 0.2) is 0 Å². The minimum Gasteiger partial charge on any atom is -0.481 e. The first kappa shape index (κ1) is 23.9. The molecule has 2 rings (SSSR count). The van der Waals surface area contributed by atoms with Crippen LogP contribution in [-0.4, -0.2) is 57.1 Å². The van der Waals surface area contributed by atoms with Crippen LogP contribution in [-0.2, 0) is 25.6 Å². The van der Waals surface area contributed by atoms with Crippen molar-refractivity contribution >= 4 is 34.7 Å². The summed E-state index contributed by atoms with van der Waals surface area (Å²) in [4.78, 5) is 50.9. The number of para-hydroxylation sites is 1. The third kappa shape index (κ3) is 6.29. The highest BCUT2D eigenvalue weighted by Crippen LogP contribution is 2.19. The third-order valence-corrected chi connectivity index (χ3v) is 5.24. The molecule has 0 saturated heterocycles. The van der Waals surface area contributed by atoms with Gasteiger partial charge in [-0.3, -0.25) is 14.4 Å². The molecule has 7 N–H and O–H groups in total. The number of carboxylic acid groups (broad SMARTS) is 2. The fourth-order valence-corrected chi connectivity index (χ4v) is 3.23. The summed E-state index contributed by atoms with van der Waals surface area (Å²) >= 11 is 0. The summed E-state index contributed by atoms with van der Waals surface area (Å²) in [6.45, 7) is 3.51. The van der Waals surface area contributed by atoms with Crippen LogP contribution in [0.15, 0.2) is 30.5 Å². The summed E-state index contributed by atoms with van der Waals surface area (Å²) in [7, 11) is 0. The Morgan fingerprint density at radius 1 is 1.10 bits per heavy atom. The molecule has 0 aliphatic carbocycles. The van der Waals surface area contributed by atoms with Crippen molar-refractivity contribution < 1.29 is 29.4 Å². The third-order valence-electron chi connectivity index (χ3n) is 5.24. The van der Waals surface area contributed by atoms with Crippen molar-refractivity contribution in [1.82, 2.24) is 15.6 Å². The first-order valence-electron chi connectivity index (χ1n) is 9.99. The molecule has 168 valence electrons. The van der Waals surface area contributed by atoms with E-state index in [9.17, 15) is 24.3 Å². The molecule has 10 heteroatoms. The number of aromatic nitrogens is 1. The zero-order chi connectivity index (χ0) is 23.1. The van der Waals surface area contributed by atoms with Gasteiger partial charge in [0.05, 0.1) is 12.5 Å². The molecule has 0 spiro atoms. The molecule has 2 aromatic rings. The van der Waals surface area contributed by atoms with Crippen LogP contribution in [0.5, 0.6) is 0 Å². The van der Waals surface area contributed by atoms with Crippen LogP contribution in [0.4, 0.5) is 0 Å². The van der Waals surface area contributed by atoms with Crippen LogP contribution in [0, 0.1) is 5.92 Å². The van der Waals surface area contributed by atoms with Gasteiger partial charge in [-0.25, -0.2) is 4.79 Å². The Morgan fingerprint density at radius 3 is 2.39 bits per heavy atom. The van der Waals surface area contributed by atoms with Crippen molar-refractivity contribution in [3.8, 4) is 0 Å². The first-order valence-corrected chi connectivity index (χ1v) is 9.99. The first-order chi connectivity index (χ1) is 14.6. The van der Waals surface area contributed by atoms with Crippen molar-refractivity contribution in [3.05, 3.63) is 36.0 Å². The quantitative estimate of drug-likeness (QED) is 0.301. The predicted octanol–water partition coefficient (Wildman–Crippen LogP) is 0.613. The van der Waals surface area contributed by atoms with Gasteiger partial charge < -0.3 is 31.6 Å². The molecule has 1 aromatic heterocycles. The van der Waals surface area contributed by atoms with Crippen molar-refractivity contribution in [2.75, 3.05) is 0 Å². The largest absolute Gasteiger partial charge is 0.481 e. The van der Waals surface area contributed by atoms with Gasteiger partial charge >= 0.3 is 11.9 Å². The summed E-state index contributed by atoms with van der Waals surface area (Å²) in [5.41, 5.74) is 7.20. The molecule has 1 aromatic carbocycles. The smallest absolute Gasteiger partial charge is 0.326 e. The molecule has 2 amide bonds. The second-order valence-corrected chi connectivity index (χ2v) is 7.54. The van der Waals surface area contributed by atoms with Crippen molar-refractivity contribution in [3.63, 3.8) is 0 Å². The van der Waals surface area contributed by atoms with Crippen molar-refractivity contribution in [2.24, 2.45) is 11.7 Å². The van der Waals surface area contributed by atoms with E-state index in [2.05, 4.69) is 15.6 Å². The second kappa shape index (κ2) is 10.6. The van der Waals surface area contributed by atoms with E-state index < -0.39 is 48.3 Å². The molecule has 0 bridgehead atoms. The number of hydrogen-bond donors (Lipinski definition) is 6. The number of carbonyl (C=O) groups excluding carboxylic acids is 2. The van der Waals surface area contributed by atoms with Gasteiger partial charge in [-0.15, -0.1) is 0 Å². The lowest BCUT2D eigenvalue weighted by Crippen LogP contribution is -2.56. The molecular weight excluding hydrogens is 404 g/mol. The molecule has 4 atom stereocenters. The number of hydrogen-bond acceptors (Lipinski definition) is 5. The van der Waals surface area contributed by atoms with Crippen LogP contribution in [0.3, 0.4) is 0 Å². The number of carboxylic acids is 2. The minimum atomic E-state index is -1.35. The van der Waals surface area contributed by atoms with E-state index in [4.69, 9.17) is 10.8 Å². The van der Waals surface area contributed by atoms with Gasteiger partial charge in [0.1, 0.15) is 12.1 Å². The number of H-pyrrole nitrogens is 1. The zero-order valence-electron chi connectivity index (χ0n) is 17.4. The summed E-state index contributed by atoms with van der Waals surface area (Å²) in [5, 5.41) is 24.2. The van der Waals surface area contributed by atoms with Gasteiger partial charge in [0.2, 0.25) is 11.8 Å². The van der Waals surface area contributed by atoms with E-state index in [1.807, 2.05) is 31.2 Å². The summed E-state index contributed by atoms with van der Waals surface area (Å²) in [6, 6.07) is 3.78. The highest BCUT2D eigenvalue weighted by molar-refractivity contribution is 5.94. The standard InChI is InChI=1S/C21H28N4O6/c1-3-11(2)18(21(30)31)25-20(29)16(24-19(28)14(22)9-17(26)27)8-12-10-23-15-7-5-4-6-13(12)15/h4-7,10-11,14,16,18,23H,3,8-9,22H2,1-2H3,(H,24,28)(H,25,29)(H,26,27)(H,30,31)/t11-,14-,16-,18-/m0/s1. The maximum Gasteiger partial charge on any atom is 0.326 e. The molecular formula is C21H28N4O6. The number of fused-ring (bicyclic) bond motifs is 1. The summed E-state index contributed by atoms with van der Waals surface area (Å²) in [5.74, 6) is -4.25. The molecule has 0 aliphatic heterocycles. The Morgan fingerprint density at radius 2 is 1.77 bits per heavy atom. The highest BCUT2D eigenvalue weighted by Gasteiger charge is 2.31. The maximum atomic E-state index is 13.0. The summed E-state index contributed by atoms with van der Waals surface area (Å²) in [6.07, 6.45) is 1.70. The van der Waals surface area contributed by atoms with Gasteiger partial charge in [0, 0.05) is 23.5 Å². The van der Waals surface area contributed by atoms with Gasteiger partial charge in [0.25, 0.3) is 0 Å². The van der Waals surface area contributed by atoms with Crippen LogP contribution < -0.4 is 16.4 Å². The van der Waals surface area contributed by atoms with Crippen LogP contribution in [0.2, 0.25) is 0 Å². The number of nitrogens with two attached hydrogens (primary N) is 1. The minimum absolute atomic E-state index is 0.0637. The van der Waals surface area contributed by atoms with Gasteiger partial charge in [-0.2, -0.15) is 0 Å². The van der Waals surface area contributed by atoms with Gasteiger partial charge in [-0.1, -0.05) is 38.5 Å². The molecule has 10 nitrogen and oxygen atoms in total. The Kier molecular flexibility index (Phi) is 8.14. The van der Waals surface area contributed by atoms with E-state index in [0.29, 0.717) is 6.42 Å². The fraction of sp³-hybridized carbons (Fsp3) is 0.429. The molecule has 0 saturated carbocycles. The average molecular weight is 432 g/mol. The number of rotatable bonds is 11. The van der Waals surface area contributed by atoms with Crippen LogP contribution in [0.25, 0.3) is 10.9 Å². The number of aliphatic carboxylic acids is 2. The van der Waals surface area contributed by atoms with E-state index in [1.165, 1.54) is 0 Å². The SMILES string of the molecule is CC[C@H](C)[C@H](NC(=O)[C@H](Cc1c[nH]c2ccccc12)NC(=O)[C@@H](N)CC(=O)O)C(=O)O. The number of aromatic amines is 1. The molecule has 0 aliphatic rings. The Balaban J connectivity index is 2.27. The van der Waals surface area contributed by atoms with Crippen molar-refractivity contribution in [1.29, 1.82) is 0 Å². The number of benzene rings is 1. The lowest BCUT2D eigenvalue weighted by molar-refractivity contribution is -0.144. The van der Waals surface area contributed by atoms with Crippen molar-refractivity contribution in [2.45, 2.75) is 51.2 Å². The Labute approximate surface area is 179 Å². The number of carbonyl (C=O) groups is 4. The highest BCUT2D eigenvalue weighted by atomic mass is 16.4. The molecule has 1 heterocycles. The number of amides is 2. The topological polar surface area (TPSA) is 175 Å². The monoisotopic (exact) mass is 432 g/mol. The summed E-state index contributed by atoms with van der Waals surface area (Å²) < 4.78 is 0. The average Bonchev–Trinajstić information content (AvgIpc) is 3.12. The van der Waals surface area contributed by atoms with Gasteiger partial charge in [-0.05, 0) is 17.5 Å². The van der Waals surface area contributed by atoms with E-state index in [1.54, 1.807) is 13.1 Å². The zero-order valence-corrected chi connectivity index (χ0v) is 17.4. The Hall–Kier alpha value is -3.40. The predicted molar refractivity (Wildman–Crippen MR) is 113 cm³/mol. The molecule has 31 heavy (non-hydrogen) atoms. The maximum absolute atomic E-state index is 13.0. The lowest BCUT2D eigenvalue weighted by Gasteiger charge is -2.25. The molecule has 0 fully saturated rings. The number of nitrogens with one attached hydrogen (secondary N) is 3. The van der Waals surface area contributed by atoms with Crippen LogP contribution >= 0.6 is 0 Å². The normalized spacial score (nSPS) is 14.9. The second-order valence-electron chi connectivity index (χ2n) is 7.54. The van der Waals surface area contributed by atoms with Crippen LogP contribution in [0.1, 0.15) is 32.3 Å². The van der Waals surface area contributed by atoms with E-state index in [0.717, 1.165) is 16.5 Å². The van der Waals surface area contributed by atoms with E-state index in [-0.39, 0.29) is 12.3 Å². The Bertz CT molecular complexity index is 956. The molecule has 0 radical (unpaired) electrons. The van der Waals surface area contributed by atoms with E-state index >= 15 is 0 Å². The fourth-order valence-electron chi connectivity index (χ4n) is 3.23. The lowest BCUT2D eigenvalue weighted by atomic mass is 9.98. The molecule has 0 unspecified atom stereocenters.